The number of halogens is 1. The van der Waals surface area contributed by atoms with Gasteiger partial charge < -0.3 is 15.0 Å². The first-order valence-electron chi connectivity index (χ1n) is 13.2. The minimum Gasteiger partial charge on any atom is -0.494 e. The summed E-state index contributed by atoms with van der Waals surface area (Å²) < 4.78 is 47.7. The summed E-state index contributed by atoms with van der Waals surface area (Å²) in [5.74, 6) is -0.805. The fourth-order valence-electron chi connectivity index (χ4n) is 4.21. The third kappa shape index (κ3) is 7.81. The highest BCUT2D eigenvalue weighted by Gasteiger charge is 2.33. The minimum absolute atomic E-state index is 0.00830. The second-order valence-electron chi connectivity index (χ2n) is 9.49. The lowest BCUT2D eigenvalue weighted by Gasteiger charge is -2.33. The van der Waals surface area contributed by atoms with Crippen molar-refractivity contribution in [1.29, 1.82) is 0 Å². The van der Waals surface area contributed by atoms with Gasteiger partial charge in [0, 0.05) is 12.6 Å². The van der Waals surface area contributed by atoms with E-state index in [4.69, 9.17) is 4.74 Å². The molecule has 3 rings (SSSR count). The third-order valence-electron chi connectivity index (χ3n) is 6.13. The molecule has 1 N–H and O–H groups in total. The zero-order chi connectivity index (χ0) is 29.3. The van der Waals surface area contributed by atoms with Crippen molar-refractivity contribution in [1.82, 2.24) is 10.2 Å². The number of nitrogens with zero attached hydrogens (tertiary/aromatic N) is 2. The van der Waals surface area contributed by atoms with Gasteiger partial charge in [0.15, 0.2) is 0 Å². The number of amides is 2. The molecule has 0 saturated heterocycles. The molecule has 0 heterocycles. The van der Waals surface area contributed by atoms with Crippen molar-refractivity contribution in [2.75, 3.05) is 17.5 Å². The number of hydrogen-bond donors (Lipinski definition) is 1. The number of sulfonamides is 1. The average Bonchev–Trinajstić information content (AvgIpc) is 2.93. The van der Waals surface area contributed by atoms with Gasteiger partial charge in [0.05, 0.1) is 17.2 Å². The molecule has 40 heavy (non-hydrogen) atoms. The fraction of sp³-hybridized carbons (Fsp3) is 0.333. The quantitative estimate of drug-likeness (QED) is 0.321. The van der Waals surface area contributed by atoms with E-state index < -0.39 is 34.3 Å². The van der Waals surface area contributed by atoms with Gasteiger partial charge in [-0.2, -0.15) is 0 Å². The van der Waals surface area contributed by atoms with Gasteiger partial charge in [0.25, 0.3) is 10.0 Å². The Bertz CT molecular complexity index is 1360. The first kappa shape index (κ1) is 30.6. The molecule has 1 atom stereocenters. The molecule has 0 aliphatic rings. The van der Waals surface area contributed by atoms with Gasteiger partial charge in [-0.05, 0) is 81.3 Å². The van der Waals surface area contributed by atoms with Crippen LogP contribution in [-0.4, -0.2) is 50.4 Å². The van der Waals surface area contributed by atoms with Crippen LogP contribution in [0.15, 0.2) is 83.8 Å². The van der Waals surface area contributed by atoms with Gasteiger partial charge in [-0.25, -0.2) is 12.8 Å². The van der Waals surface area contributed by atoms with Crippen LogP contribution in [0.3, 0.4) is 0 Å². The lowest BCUT2D eigenvalue weighted by atomic mass is 10.1. The molecule has 3 aromatic carbocycles. The second kappa shape index (κ2) is 13.9. The highest BCUT2D eigenvalue weighted by molar-refractivity contribution is 7.92. The van der Waals surface area contributed by atoms with E-state index in [1.807, 2.05) is 20.8 Å². The summed E-state index contributed by atoms with van der Waals surface area (Å²) >= 11 is 0. The Morgan fingerprint density at radius 2 is 1.55 bits per heavy atom. The van der Waals surface area contributed by atoms with E-state index in [0.717, 1.165) is 4.31 Å². The number of rotatable bonds is 13. The van der Waals surface area contributed by atoms with Crippen molar-refractivity contribution in [2.24, 2.45) is 0 Å². The van der Waals surface area contributed by atoms with E-state index >= 15 is 0 Å². The number of nitrogens with one attached hydrogen (secondary N) is 1. The molecule has 0 aliphatic heterocycles. The van der Waals surface area contributed by atoms with Crippen LogP contribution in [-0.2, 0) is 26.2 Å². The molecule has 0 aliphatic carbocycles. The average molecular weight is 570 g/mol. The van der Waals surface area contributed by atoms with Crippen molar-refractivity contribution in [2.45, 2.75) is 57.6 Å². The highest BCUT2D eigenvalue weighted by atomic mass is 32.2. The summed E-state index contributed by atoms with van der Waals surface area (Å²) in [5, 5.41) is 2.84. The molecule has 214 valence electrons. The van der Waals surface area contributed by atoms with Gasteiger partial charge in [-0.1, -0.05) is 37.3 Å². The molecule has 0 bridgehead atoms. The lowest BCUT2D eigenvalue weighted by Crippen LogP contribution is -2.53. The van der Waals surface area contributed by atoms with Gasteiger partial charge >= 0.3 is 0 Å². The molecule has 1 unspecified atom stereocenters. The Morgan fingerprint density at radius 1 is 0.925 bits per heavy atom. The van der Waals surface area contributed by atoms with Crippen molar-refractivity contribution in [3.63, 3.8) is 0 Å². The Hall–Kier alpha value is -3.92. The topological polar surface area (TPSA) is 96.0 Å². The van der Waals surface area contributed by atoms with E-state index in [9.17, 15) is 22.4 Å². The Kier molecular flexibility index (Phi) is 10.7. The van der Waals surface area contributed by atoms with Crippen LogP contribution in [0.25, 0.3) is 0 Å². The summed E-state index contributed by atoms with van der Waals surface area (Å²) in [7, 11) is -4.16. The summed E-state index contributed by atoms with van der Waals surface area (Å²) in [4.78, 5) is 28.5. The van der Waals surface area contributed by atoms with Crippen LogP contribution in [0.2, 0.25) is 0 Å². The third-order valence-corrected chi connectivity index (χ3v) is 7.92. The Morgan fingerprint density at radius 3 is 2.10 bits per heavy atom. The van der Waals surface area contributed by atoms with Crippen LogP contribution in [0.1, 0.15) is 39.7 Å². The smallest absolute Gasteiger partial charge is 0.264 e. The first-order chi connectivity index (χ1) is 19.1. The van der Waals surface area contributed by atoms with Crippen molar-refractivity contribution >= 4 is 27.5 Å². The van der Waals surface area contributed by atoms with E-state index in [1.165, 1.54) is 41.3 Å². The van der Waals surface area contributed by atoms with Crippen LogP contribution >= 0.6 is 0 Å². The first-order valence-corrected chi connectivity index (χ1v) is 14.7. The molecular formula is C30H36FN3O5S. The van der Waals surface area contributed by atoms with Gasteiger partial charge in [0.2, 0.25) is 11.8 Å². The largest absolute Gasteiger partial charge is 0.494 e. The van der Waals surface area contributed by atoms with Gasteiger partial charge in [-0.3, -0.25) is 13.9 Å². The zero-order valence-electron chi connectivity index (χ0n) is 23.2. The van der Waals surface area contributed by atoms with E-state index in [1.54, 1.807) is 49.4 Å². The van der Waals surface area contributed by atoms with Crippen LogP contribution in [0.5, 0.6) is 5.75 Å². The SMILES string of the molecule is CCOc1ccc(N(CC(=O)N(Cc2ccc(F)cc2)C(CC)C(=O)NC(C)C)S(=O)(=O)c2ccccc2)cc1. The Balaban J connectivity index is 2.04. The standard InChI is InChI=1S/C30H36FN3O5S/c1-5-28(30(36)32-22(3)4)33(20-23-12-14-24(31)15-13-23)29(35)21-34(25-16-18-26(19-17-25)39-6-2)40(37,38)27-10-8-7-9-11-27/h7-19,22,28H,5-6,20-21H2,1-4H3,(H,32,36). The molecule has 2 amide bonds. The fourth-order valence-corrected chi connectivity index (χ4v) is 5.65. The van der Waals surface area contributed by atoms with Crippen LogP contribution in [0.4, 0.5) is 10.1 Å². The maximum absolute atomic E-state index is 14.0. The zero-order valence-corrected chi connectivity index (χ0v) is 24.0. The predicted octanol–water partition coefficient (Wildman–Crippen LogP) is 4.75. The minimum atomic E-state index is -4.16. The number of anilines is 1. The summed E-state index contributed by atoms with van der Waals surface area (Å²) in [6.07, 6.45) is 0.292. The molecule has 0 aromatic heterocycles. The molecule has 3 aromatic rings. The van der Waals surface area contributed by atoms with Crippen molar-refractivity contribution in [3.8, 4) is 5.75 Å². The maximum atomic E-state index is 14.0. The molecule has 10 heteroatoms. The van der Waals surface area contributed by atoms with Gasteiger partial charge in [-0.15, -0.1) is 0 Å². The molecule has 0 radical (unpaired) electrons. The monoisotopic (exact) mass is 569 g/mol. The number of benzene rings is 3. The normalized spacial score (nSPS) is 12.1. The summed E-state index contributed by atoms with van der Waals surface area (Å²) in [5.41, 5.74) is 0.867. The van der Waals surface area contributed by atoms with E-state index in [-0.39, 0.29) is 29.1 Å². The predicted molar refractivity (Wildman–Crippen MR) is 153 cm³/mol. The highest BCUT2D eigenvalue weighted by Crippen LogP contribution is 2.27. The number of hydrogen-bond acceptors (Lipinski definition) is 5. The lowest BCUT2D eigenvalue weighted by molar-refractivity contribution is -0.140. The number of carbonyl (C=O) groups excluding carboxylic acids is 2. The molecule has 0 spiro atoms. The number of carbonyl (C=O) groups is 2. The molecule has 0 fully saturated rings. The second-order valence-corrected chi connectivity index (χ2v) is 11.3. The summed E-state index contributed by atoms with van der Waals surface area (Å²) in [6.45, 7) is 7.13. The van der Waals surface area contributed by atoms with Crippen LogP contribution in [0, 0.1) is 5.82 Å². The molecule has 8 nitrogen and oxygen atoms in total. The van der Waals surface area contributed by atoms with Crippen LogP contribution < -0.4 is 14.4 Å². The van der Waals surface area contributed by atoms with Gasteiger partial charge in [0.1, 0.15) is 24.2 Å². The van der Waals surface area contributed by atoms with Crippen molar-refractivity contribution in [3.05, 3.63) is 90.2 Å². The van der Waals surface area contributed by atoms with E-state index in [2.05, 4.69) is 5.32 Å². The maximum Gasteiger partial charge on any atom is 0.264 e. The number of ether oxygens (including phenoxy) is 1. The Labute approximate surface area is 235 Å². The molecular weight excluding hydrogens is 533 g/mol. The molecule has 0 saturated carbocycles. The van der Waals surface area contributed by atoms with Crippen molar-refractivity contribution < 1.29 is 27.1 Å². The summed E-state index contributed by atoms with van der Waals surface area (Å²) in [6, 6.07) is 18.8. The van der Waals surface area contributed by atoms with E-state index in [0.29, 0.717) is 24.3 Å².